The largest absolute Gasteiger partial charge is 0.481 e. The summed E-state index contributed by atoms with van der Waals surface area (Å²) in [6, 6.07) is 10.2. The highest BCUT2D eigenvalue weighted by molar-refractivity contribution is 6.01. The van der Waals surface area contributed by atoms with Gasteiger partial charge in [0.25, 0.3) is 0 Å². The van der Waals surface area contributed by atoms with E-state index in [0.29, 0.717) is 49.6 Å². The van der Waals surface area contributed by atoms with E-state index in [-0.39, 0.29) is 57.8 Å². The molecule has 1 N–H and O–H groups in total. The molecule has 8 nitrogen and oxygen atoms in total. The highest BCUT2D eigenvalue weighted by atomic mass is 16.5. The number of fused-ring (bicyclic) bond motifs is 7. The van der Waals surface area contributed by atoms with Crippen molar-refractivity contribution in [2.75, 3.05) is 27.2 Å². The number of likely N-dealkylation sites (N-methyl/N-ethyl adjacent to an activating group) is 1. The molecule has 1 unspecified atom stereocenters. The van der Waals surface area contributed by atoms with Gasteiger partial charge in [0.15, 0.2) is 5.78 Å². The average molecular weight is 773 g/mol. The third-order valence-corrected chi connectivity index (χ3v) is 16.7. The summed E-state index contributed by atoms with van der Waals surface area (Å²) in [5.74, 6) is 0.694. The van der Waals surface area contributed by atoms with Gasteiger partial charge in [-0.1, -0.05) is 84.4 Å². The number of nitrogens with zero attached hydrogens (tertiary/aromatic N) is 2. The van der Waals surface area contributed by atoms with Crippen molar-refractivity contribution in [3.05, 3.63) is 47.0 Å². The molecule has 0 saturated heterocycles. The first-order valence-corrected chi connectivity index (χ1v) is 21.8. The maximum Gasteiger partial charge on any atom is 0.309 e. The number of carboxylic acid groups (broad SMARTS) is 1. The molecule has 5 aliphatic rings. The average Bonchev–Trinajstić information content (AvgIpc) is 3.38. The van der Waals surface area contributed by atoms with Crippen LogP contribution in [0.5, 0.6) is 0 Å². The summed E-state index contributed by atoms with van der Waals surface area (Å²) in [5, 5.41) is 9.63. The molecule has 1 amide bonds. The second kappa shape index (κ2) is 15.3. The van der Waals surface area contributed by atoms with Gasteiger partial charge in [0, 0.05) is 24.4 Å². The summed E-state index contributed by atoms with van der Waals surface area (Å²) >= 11 is 0. The Hall–Kier alpha value is -3.00. The highest BCUT2D eigenvalue weighted by Crippen LogP contribution is 2.75. The maximum absolute atomic E-state index is 14.7. The Labute approximate surface area is 337 Å². The van der Waals surface area contributed by atoms with Gasteiger partial charge < -0.3 is 19.6 Å². The van der Waals surface area contributed by atoms with Crippen LogP contribution >= 0.6 is 0 Å². The zero-order valence-electron chi connectivity index (χ0n) is 36.5. The van der Waals surface area contributed by atoms with Gasteiger partial charge in [-0.2, -0.15) is 0 Å². The molecule has 4 fully saturated rings. The van der Waals surface area contributed by atoms with E-state index >= 15 is 0 Å². The number of Topliss-reactive ketones (excluding diaryl/α,β-unsaturated/α-hetero) is 1. The van der Waals surface area contributed by atoms with Gasteiger partial charge in [0.05, 0.1) is 18.4 Å². The molecule has 0 spiro atoms. The molecule has 1 aromatic rings. The Bertz CT molecular complexity index is 1710. The zero-order chi connectivity index (χ0) is 41.2. The predicted octanol–water partition coefficient (Wildman–Crippen LogP) is 9.22. The van der Waals surface area contributed by atoms with E-state index in [4.69, 9.17) is 4.74 Å². The SMILES string of the molecule is CC(C)C1=C2C(CC[C@]3(C)[C@@H]2CC[C@@H]2[C@@]4(C)CC[C@H](OC(=O)CC(C)(C)C(=O)O)C(C)(C)[C@@H]4CC[C@]23C)[C@H](CCN(Cc2ccccc2)C(=O)CN(C)C)C1=O. The minimum absolute atomic E-state index is 0.0714. The number of aliphatic carboxylic acids is 1. The van der Waals surface area contributed by atoms with Gasteiger partial charge >= 0.3 is 11.9 Å². The lowest BCUT2D eigenvalue weighted by Gasteiger charge is -2.71. The van der Waals surface area contributed by atoms with Crippen LogP contribution in [0.1, 0.15) is 132 Å². The van der Waals surface area contributed by atoms with Gasteiger partial charge in [-0.3, -0.25) is 19.2 Å². The summed E-state index contributed by atoms with van der Waals surface area (Å²) in [7, 11) is 3.86. The van der Waals surface area contributed by atoms with E-state index in [0.717, 1.165) is 62.5 Å². The van der Waals surface area contributed by atoms with E-state index in [1.54, 1.807) is 13.8 Å². The first kappa shape index (κ1) is 42.6. The minimum atomic E-state index is -1.16. The summed E-state index contributed by atoms with van der Waals surface area (Å²) in [4.78, 5) is 57.0. The number of carboxylic acids is 1. The van der Waals surface area contributed by atoms with Gasteiger partial charge in [-0.25, -0.2) is 0 Å². The molecule has 310 valence electrons. The van der Waals surface area contributed by atoms with Crippen molar-refractivity contribution in [2.45, 2.75) is 139 Å². The molecule has 9 atom stereocenters. The van der Waals surface area contributed by atoms with Crippen LogP contribution in [0, 0.1) is 62.6 Å². The zero-order valence-corrected chi connectivity index (χ0v) is 36.5. The third kappa shape index (κ3) is 7.21. The fraction of sp³-hybridized carbons (Fsp3) is 0.750. The van der Waals surface area contributed by atoms with E-state index < -0.39 is 17.4 Å². The van der Waals surface area contributed by atoms with Crippen LogP contribution in [0.4, 0.5) is 0 Å². The topological polar surface area (TPSA) is 104 Å². The van der Waals surface area contributed by atoms with Crippen molar-refractivity contribution in [3.63, 3.8) is 0 Å². The summed E-state index contributed by atoms with van der Waals surface area (Å²) in [6.45, 7) is 21.4. The number of carbonyl (C=O) groups excluding carboxylic acids is 3. The van der Waals surface area contributed by atoms with Crippen LogP contribution < -0.4 is 0 Å². The molecular weight excluding hydrogens is 701 g/mol. The standard InChI is InChI=1S/C48H72N2O6/c1-30(2)40-41-32(33(42(40)53)22-26-50(38(51)29-49(10)11)28-31-15-13-12-14-16-31)19-24-47(8)34(41)17-18-36-46(7)23-21-37(56-39(52)27-44(3,4)43(54)55)45(5,6)35(46)20-25-48(36,47)9/h12-16,30,32-37H,17-29H2,1-11H3,(H,54,55)/t32?,33-,34+,35-,36+,37-,46-,47+,48+/m0/s1. The Morgan fingerprint density at radius 3 is 2.18 bits per heavy atom. The highest BCUT2D eigenvalue weighted by Gasteiger charge is 2.69. The van der Waals surface area contributed by atoms with E-state index in [1.807, 2.05) is 42.1 Å². The molecule has 56 heavy (non-hydrogen) atoms. The summed E-state index contributed by atoms with van der Waals surface area (Å²) in [5.41, 5.74) is 2.57. The van der Waals surface area contributed by atoms with E-state index in [9.17, 15) is 24.3 Å². The maximum atomic E-state index is 14.7. The van der Waals surface area contributed by atoms with E-state index in [2.05, 4.69) is 60.6 Å². The molecule has 5 aliphatic carbocycles. The quantitative estimate of drug-likeness (QED) is 0.211. The van der Waals surface area contributed by atoms with Crippen molar-refractivity contribution < 1.29 is 29.0 Å². The Kier molecular flexibility index (Phi) is 11.6. The third-order valence-electron chi connectivity index (χ3n) is 16.7. The van der Waals surface area contributed by atoms with Crippen molar-refractivity contribution >= 4 is 23.6 Å². The van der Waals surface area contributed by atoms with Crippen LogP contribution in [0.25, 0.3) is 0 Å². The van der Waals surface area contributed by atoms with Crippen LogP contribution in [-0.4, -0.2) is 71.8 Å². The molecule has 1 aromatic carbocycles. The molecule has 4 saturated carbocycles. The number of ketones is 1. The summed E-state index contributed by atoms with van der Waals surface area (Å²) in [6.07, 6.45) is 8.72. The first-order valence-electron chi connectivity index (χ1n) is 21.8. The number of rotatable bonds is 12. The molecule has 8 heteroatoms. The fourth-order valence-corrected chi connectivity index (χ4v) is 13.6. The molecule has 6 rings (SSSR count). The van der Waals surface area contributed by atoms with Crippen molar-refractivity contribution in [1.82, 2.24) is 9.80 Å². The molecule has 0 radical (unpaired) electrons. The Morgan fingerprint density at radius 2 is 1.55 bits per heavy atom. The lowest BCUT2D eigenvalue weighted by molar-refractivity contribution is -0.232. The number of hydrogen-bond acceptors (Lipinski definition) is 6. The van der Waals surface area contributed by atoms with Gasteiger partial charge in [0.1, 0.15) is 6.10 Å². The number of esters is 1. The van der Waals surface area contributed by atoms with Crippen molar-refractivity contribution in [1.29, 1.82) is 0 Å². The number of ether oxygens (including phenoxy) is 1. The van der Waals surface area contributed by atoms with Crippen LogP contribution in [-0.2, 0) is 30.5 Å². The number of benzene rings is 1. The van der Waals surface area contributed by atoms with Gasteiger partial charge in [0.2, 0.25) is 5.91 Å². The van der Waals surface area contributed by atoms with Gasteiger partial charge in [-0.15, -0.1) is 0 Å². The number of allylic oxidation sites excluding steroid dienone is 2. The number of carbonyl (C=O) groups is 4. The molecular formula is C48H72N2O6. The minimum Gasteiger partial charge on any atom is -0.481 e. The Balaban J connectivity index is 1.23. The lowest BCUT2D eigenvalue weighted by atomic mass is 9.33. The molecule has 0 bridgehead atoms. The number of amides is 1. The summed E-state index contributed by atoms with van der Waals surface area (Å²) < 4.78 is 6.19. The fourth-order valence-electron chi connectivity index (χ4n) is 13.6. The predicted molar refractivity (Wildman–Crippen MR) is 220 cm³/mol. The first-order chi connectivity index (χ1) is 26.1. The second-order valence-corrected chi connectivity index (χ2v) is 21.3. The van der Waals surface area contributed by atoms with Gasteiger partial charge in [-0.05, 0) is 143 Å². The molecule has 0 heterocycles. The molecule has 0 aromatic heterocycles. The Morgan fingerprint density at radius 1 is 0.893 bits per heavy atom. The van der Waals surface area contributed by atoms with Crippen LogP contribution in [0.15, 0.2) is 41.5 Å². The molecule has 0 aliphatic heterocycles. The lowest BCUT2D eigenvalue weighted by Crippen LogP contribution is -2.65. The number of hydrogen-bond donors (Lipinski definition) is 1. The second-order valence-electron chi connectivity index (χ2n) is 21.3. The van der Waals surface area contributed by atoms with Crippen LogP contribution in [0.2, 0.25) is 0 Å². The van der Waals surface area contributed by atoms with Crippen molar-refractivity contribution in [2.24, 2.45) is 62.6 Å². The smallest absolute Gasteiger partial charge is 0.309 e. The van der Waals surface area contributed by atoms with Crippen LogP contribution in [0.3, 0.4) is 0 Å². The van der Waals surface area contributed by atoms with E-state index in [1.165, 1.54) is 5.57 Å². The normalized spacial score (nSPS) is 35.1. The van der Waals surface area contributed by atoms with Crippen molar-refractivity contribution in [3.8, 4) is 0 Å². The monoisotopic (exact) mass is 773 g/mol.